The zero-order valence-electron chi connectivity index (χ0n) is 13.9. The predicted octanol–water partition coefficient (Wildman–Crippen LogP) is 5.58. The van der Waals surface area contributed by atoms with Gasteiger partial charge >= 0.3 is 0 Å². The van der Waals surface area contributed by atoms with E-state index >= 15 is 0 Å². The van der Waals surface area contributed by atoms with E-state index in [1.165, 1.54) is 5.56 Å². The Morgan fingerprint density at radius 2 is 1.76 bits per heavy atom. The number of hydrogen-bond acceptors (Lipinski definition) is 2. The van der Waals surface area contributed by atoms with Gasteiger partial charge in [0.2, 0.25) is 0 Å². The molecule has 124 valence electrons. The highest BCUT2D eigenvalue weighted by atomic mass is 35.5. The quantitative estimate of drug-likeness (QED) is 0.522. The topological polar surface area (TPSA) is 29.3 Å². The van der Waals surface area contributed by atoms with Crippen molar-refractivity contribution in [1.29, 1.82) is 0 Å². The summed E-state index contributed by atoms with van der Waals surface area (Å²) in [6, 6.07) is 24.3. The van der Waals surface area contributed by atoms with Gasteiger partial charge in [-0.05, 0) is 36.8 Å². The molecule has 1 N–H and O–H groups in total. The highest BCUT2D eigenvalue weighted by Crippen LogP contribution is 2.31. The lowest BCUT2D eigenvalue weighted by atomic mass is 10.1. The summed E-state index contributed by atoms with van der Waals surface area (Å²) < 4.78 is 2.15. The highest BCUT2D eigenvalue weighted by molar-refractivity contribution is 6.30. The molecule has 0 saturated carbocycles. The van der Waals surface area contributed by atoms with E-state index in [9.17, 15) is 0 Å². The maximum Gasteiger partial charge on any atom is 0.139 e. The van der Waals surface area contributed by atoms with Gasteiger partial charge in [0.1, 0.15) is 17.2 Å². The van der Waals surface area contributed by atoms with Crippen LogP contribution in [0, 0.1) is 6.92 Å². The third-order valence-corrected chi connectivity index (χ3v) is 4.47. The van der Waals surface area contributed by atoms with E-state index in [1.54, 1.807) is 0 Å². The molecule has 4 rings (SSSR count). The first-order valence-electron chi connectivity index (χ1n) is 8.24. The summed E-state index contributed by atoms with van der Waals surface area (Å²) in [5.41, 5.74) is 5.20. The number of aromatic nitrogens is 2. The molecule has 3 nitrogen and oxygen atoms in total. The Balaban J connectivity index is 1.83. The van der Waals surface area contributed by atoms with Crippen LogP contribution in [0.15, 0.2) is 72.8 Å². The molecule has 2 aromatic carbocycles. The Morgan fingerprint density at radius 3 is 2.56 bits per heavy atom. The van der Waals surface area contributed by atoms with Crippen LogP contribution in [-0.4, -0.2) is 9.38 Å². The third-order valence-electron chi connectivity index (χ3n) is 4.24. The van der Waals surface area contributed by atoms with E-state index in [1.807, 2.05) is 42.5 Å². The van der Waals surface area contributed by atoms with Crippen LogP contribution in [0.2, 0.25) is 5.02 Å². The zero-order chi connectivity index (χ0) is 17.2. The minimum Gasteiger partial charge on any atom is -0.365 e. The molecule has 0 aliphatic carbocycles. The van der Waals surface area contributed by atoms with Crippen LogP contribution < -0.4 is 5.32 Å². The number of pyridine rings is 1. The van der Waals surface area contributed by atoms with Gasteiger partial charge in [0.05, 0.1) is 0 Å². The number of fused-ring (bicyclic) bond motifs is 1. The first-order chi connectivity index (χ1) is 12.2. The zero-order valence-corrected chi connectivity index (χ0v) is 14.7. The minimum atomic E-state index is 0.709. The Bertz CT molecular complexity index is 1020. The molecular weight excluding hydrogens is 330 g/mol. The van der Waals surface area contributed by atoms with E-state index < -0.39 is 0 Å². The number of aryl methyl sites for hydroxylation is 1. The van der Waals surface area contributed by atoms with Crippen molar-refractivity contribution >= 4 is 23.1 Å². The van der Waals surface area contributed by atoms with E-state index in [2.05, 4.69) is 47.0 Å². The van der Waals surface area contributed by atoms with E-state index in [0.29, 0.717) is 5.02 Å². The molecule has 0 aliphatic heterocycles. The maximum atomic E-state index is 6.20. The Hall–Kier alpha value is -2.78. The van der Waals surface area contributed by atoms with Crippen LogP contribution in [-0.2, 0) is 6.54 Å². The van der Waals surface area contributed by atoms with Crippen LogP contribution in [0.3, 0.4) is 0 Å². The Labute approximate surface area is 151 Å². The highest BCUT2D eigenvalue weighted by Gasteiger charge is 2.15. The second-order valence-corrected chi connectivity index (χ2v) is 6.46. The molecule has 2 aromatic heterocycles. The summed E-state index contributed by atoms with van der Waals surface area (Å²) in [5.74, 6) is 0.985. The standard InChI is InChI=1S/C21H18ClN3/c1-15-7-5-12-19-24-20(17-10-6-11-18(22)13-17)21(25(15)19)23-14-16-8-3-2-4-9-16/h2-13,23H,14H2,1H3. The van der Waals surface area contributed by atoms with Crippen molar-refractivity contribution in [3.63, 3.8) is 0 Å². The van der Waals surface area contributed by atoms with E-state index in [0.717, 1.165) is 35.0 Å². The van der Waals surface area contributed by atoms with Gasteiger partial charge in [-0.15, -0.1) is 0 Å². The number of imidazole rings is 1. The molecule has 0 unspecified atom stereocenters. The summed E-state index contributed by atoms with van der Waals surface area (Å²) in [6.45, 7) is 2.82. The number of rotatable bonds is 4. The van der Waals surface area contributed by atoms with Crippen molar-refractivity contribution in [1.82, 2.24) is 9.38 Å². The molecule has 4 heteroatoms. The number of nitrogens with one attached hydrogen (secondary N) is 1. The van der Waals surface area contributed by atoms with Gasteiger partial charge in [-0.2, -0.15) is 0 Å². The lowest BCUT2D eigenvalue weighted by Gasteiger charge is -2.11. The lowest BCUT2D eigenvalue weighted by Crippen LogP contribution is -2.04. The van der Waals surface area contributed by atoms with Gasteiger partial charge in [-0.1, -0.05) is 60.1 Å². The van der Waals surface area contributed by atoms with Crippen molar-refractivity contribution in [3.8, 4) is 11.3 Å². The lowest BCUT2D eigenvalue weighted by molar-refractivity contribution is 1.05. The minimum absolute atomic E-state index is 0.709. The average molecular weight is 348 g/mol. The number of anilines is 1. The second kappa shape index (κ2) is 6.61. The first-order valence-corrected chi connectivity index (χ1v) is 8.62. The smallest absolute Gasteiger partial charge is 0.139 e. The molecule has 0 radical (unpaired) electrons. The summed E-state index contributed by atoms with van der Waals surface area (Å²) in [6.07, 6.45) is 0. The van der Waals surface area contributed by atoms with Gasteiger partial charge in [0, 0.05) is 22.8 Å². The van der Waals surface area contributed by atoms with E-state index in [-0.39, 0.29) is 0 Å². The van der Waals surface area contributed by atoms with Gasteiger partial charge < -0.3 is 5.32 Å². The van der Waals surface area contributed by atoms with Crippen LogP contribution in [0.5, 0.6) is 0 Å². The van der Waals surface area contributed by atoms with Gasteiger partial charge in [0.25, 0.3) is 0 Å². The molecule has 0 saturated heterocycles. The van der Waals surface area contributed by atoms with Crippen molar-refractivity contribution in [3.05, 3.63) is 89.1 Å². The fraction of sp³-hybridized carbons (Fsp3) is 0.0952. The van der Waals surface area contributed by atoms with Gasteiger partial charge in [-0.3, -0.25) is 4.40 Å². The number of benzene rings is 2. The maximum absolute atomic E-state index is 6.20. The van der Waals surface area contributed by atoms with Gasteiger partial charge in [0.15, 0.2) is 0 Å². The largest absolute Gasteiger partial charge is 0.365 e. The van der Waals surface area contributed by atoms with Crippen molar-refractivity contribution in [2.24, 2.45) is 0 Å². The molecule has 0 bridgehead atoms. The first kappa shape index (κ1) is 15.7. The van der Waals surface area contributed by atoms with Crippen molar-refractivity contribution in [2.75, 3.05) is 5.32 Å². The fourth-order valence-electron chi connectivity index (χ4n) is 3.04. The monoisotopic (exact) mass is 347 g/mol. The molecule has 0 atom stereocenters. The third kappa shape index (κ3) is 3.11. The summed E-state index contributed by atoms with van der Waals surface area (Å²) in [7, 11) is 0. The summed E-state index contributed by atoms with van der Waals surface area (Å²) in [4.78, 5) is 4.84. The molecule has 0 aliphatic rings. The van der Waals surface area contributed by atoms with Crippen LogP contribution in [0.4, 0.5) is 5.82 Å². The number of hydrogen-bond donors (Lipinski definition) is 1. The van der Waals surface area contributed by atoms with Crippen LogP contribution >= 0.6 is 11.6 Å². The SMILES string of the molecule is Cc1cccc2nc(-c3cccc(Cl)c3)c(NCc3ccccc3)n12. The number of nitrogens with zero attached hydrogens (tertiary/aromatic N) is 2. The second-order valence-electron chi connectivity index (χ2n) is 6.02. The predicted molar refractivity (Wildman–Crippen MR) is 104 cm³/mol. The van der Waals surface area contributed by atoms with Crippen molar-refractivity contribution in [2.45, 2.75) is 13.5 Å². The molecule has 0 spiro atoms. The number of halogens is 1. The Kier molecular flexibility index (Phi) is 4.16. The van der Waals surface area contributed by atoms with Crippen LogP contribution in [0.25, 0.3) is 16.9 Å². The van der Waals surface area contributed by atoms with E-state index in [4.69, 9.17) is 16.6 Å². The fourth-order valence-corrected chi connectivity index (χ4v) is 3.23. The summed E-state index contributed by atoms with van der Waals surface area (Å²) in [5, 5.41) is 4.28. The van der Waals surface area contributed by atoms with Gasteiger partial charge in [-0.25, -0.2) is 4.98 Å². The molecule has 0 amide bonds. The van der Waals surface area contributed by atoms with Crippen molar-refractivity contribution < 1.29 is 0 Å². The molecule has 4 aromatic rings. The molecule has 25 heavy (non-hydrogen) atoms. The average Bonchev–Trinajstić information content (AvgIpc) is 3.01. The summed E-state index contributed by atoms with van der Waals surface area (Å²) >= 11 is 6.20. The van der Waals surface area contributed by atoms with Crippen LogP contribution in [0.1, 0.15) is 11.3 Å². The molecule has 0 fully saturated rings. The molecular formula is C21H18ClN3. The molecule has 2 heterocycles. The Morgan fingerprint density at radius 1 is 0.960 bits per heavy atom. The normalized spacial score (nSPS) is 11.0.